The van der Waals surface area contributed by atoms with Crippen LogP contribution in [0.2, 0.25) is 0 Å². The first-order valence-electron chi connectivity index (χ1n) is 6.21. The Hall–Kier alpha value is -3.03. The van der Waals surface area contributed by atoms with Crippen molar-refractivity contribution in [2.24, 2.45) is 0 Å². The molecule has 0 fully saturated rings. The highest BCUT2D eigenvalue weighted by atomic mass is 16.3. The third-order valence-corrected chi connectivity index (χ3v) is 2.84. The third kappa shape index (κ3) is 2.94. The van der Waals surface area contributed by atoms with Crippen LogP contribution in [0.15, 0.2) is 50.4 Å². The molecule has 0 saturated heterocycles. The van der Waals surface area contributed by atoms with Crippen molar-refractivity contribution in [1.82, 2.24) is 20.1 Å². The van der Waals surface area contributed by atoms with Gasteiger partial charge in [0.2, 0.25) is 5.82 Å². The van der Waals surface area contributed by atoms with Crippen molar-refractivity contribution in [3.63, 3.8) is 0 Å². The Morgan fingerprint density at radius 1 is 1.14 bits per heavy atom. The Balaban J connectivity index is 1.83. The minimum absolute atomic E-state index is 0.0573. The first-order chi connectivity index (χ1) is 10.2. The molecule has 0 radical (unpaired) electrons. The smallest absolute Gasteiger partial charge is 0.341 e. The van der Waals surface area contributed by atoms with E-state index in [2.05, 4.69) is 15.2 Å². The van der Waals surface area contributed by atoms with Gasteiger partial charge in [-0.3, -0.25) is 9.78 Å². The van der Waals surface area contributed by atoms with Gasteiger partial charge in [0.05, 0.1) is 25.6 Å². The SMILES string of the molecule is O=C(c1n[nH]c(=O)[nH]1)N(Cc1ccco1)Cc1ccco1. The Morgan fingerprint density at radius 3 is 2.19 bits per heavy atom. The molecule has 0 saturated carbocycles. The maximum absolute atomic E-state index is 12.4. The van der Waals surface area contributed by atoms with E-state index < -0.39 is 11.6 Å². The zero-order valence-corrected chi connectivity index (χ0v) is 10.9. The second kappa shape index (κ2) is 5.53. The fourth-order valence-electron chi connectivity index (χ4n) is 1.90. The van der Waals surface area contributed by atoms with Gasteiger partial charge in [0.1, 0.15) is 11.5 Å². The molecular formula is C13H12N4O4. The van der Waals surface area contributed by atoms with Crippen molar-refractivity contribution >= 4 is 5.91 Å². The van der Waals surface area contributed by atoms with Gasteiger partial charge in [0.25, 0.3) is 5.91 Å². The molecule has 2 N–H and O–H groups in total. The van der Waals surface area contributed by atoms with Crippen LogP contribution in [0.1, 0.15) is 22.1 Å². The molecule has 3 aromatic heterocycles. The van der Waals surface area contributed by atoms with Crippen LogP contribution < -0.4 is 5.69 Å². The zero-order chi connectivity index (χ0) is 14.7. The third-order valence-electron chi connectivity index (χ3n) is 2.84. The van der Waals surface area contributed by atoms with Gasteiger partial charge in [-0.25, -0.2) is 9.89 Å². The summed E-state index contributed by atoms with van der Waals surface area (Å²) in [5, 5.41) is 5.82. The molecule has 108 valence electrons. The summed E-state index contributed by atoms with van der Waals surface area (Å²) >= 11 is 0. The van der Waals surface area contributed by atoms with Crippen LogP contribution in [-0.4, -0.2) is 26.0 Å². The van der Waals surface area contributed by atoms with E-state index in [1.807, 2.05) is 0 Å². The number of H-pyrrole nitrogens is 2. The summed E-state index contributed by atoms with van der Waals surface area (Å²) in [6.07, 6.45) is 3.06. The largest absolute Gasteiger partial charge is 0.467 e. The highest BCUT2D eigenvalue weighted by Crippen LogP contribution is 2.13. The average molecular weight is 288 g/mol. The predicted molar refractivity (Wildman–Crippen MR) is 70.2 cm³/mol. The second-order valence-electron chi connectivity index (χ2n) is 4.35. The summed E-state index contributed by atoms with van der Waals surface area (Å²) in [5.41, 5.74) is -0.533. The van der Waals surface area contributed by atoms with Crippen molar-refractivity contribution in [1.29, 1.82) is 0 Å². The van der Waals surface area contributed by atoms with E-state index in [0.29, 0.717) is 11.5 Å². The predicted octanol–water partition coefficient (Wildman–Crippen LogP) is 1.13. The lowest BCUT2D eigenvalue weighted by Crippen LogP contribution is -2.31. The molecule has 0 aliphatic carbocycles. The summed E-state index contributed by atoms with van der Waals surface area (Å²) in [6, 6.07) is 6.99. The Bertz CT molecular complexity index is 718. The Kier molecular flexibility index (Phi) is 3.42. The van der Waals surface area contributed by atoms with E-state index in [0.717, 1.165) is 0 Å². The van der Waals surface area contributed by atoms with Crippen LogP contribution in [0.5, 0.6) is 0 Å². The van der Waals surface area contributed by atoms with Crippen molar-refractivity contribution in [2.45, 2.75) is 13.1 Å². The summed E-state index contributed by atoms with van der Waals surface area (Å²) in [7, 11) is 0. The van der Waals surface area contributed by atoms with Crippen molar-refractivity contribution in [3.05, 3.63) is 64.6 Å². The van der Waals surface area contributed by atoms with E-state index in [1.165, 1.54) is 17.4 Å². The van der Waals surface area contributed by atoms with Crippen LogP contribution in [0, 0.1) is 0 Å². The summed E-state index contributed by atoms with van der Waals surface area (Å²) in [5.74, 6) is 0.750. The molecule has 3 rings (SSSR count). The molecule has 3 aromatic rings. The lowest BCUT2D eigenvalue weighted by atomic mass is 10.3. The van der Waals surface area contributed by atoms with E-state index >= 15 is 0 Å². The quantitative estimate of drug-likeness (QED) is 0.731. The summed E-state index contributed by atoms with van der Waals surface area (Å²) in [4.78, 5) is 27.3. The highest BCUT2D eigenvalue weighted by Gasteiger charge is 2.21. The van der Waals surface area contributed by atoms with Crippen molar-refractivity contribution in [2.75, 3.05) is 0 Å². The Labute approximate surface area is 118 Å². The number of nitrogens with one attached hydrogen (secondary N) is 2. The number of hydrogen-bond donors (Lipinski definition) is 2. The lowest BCUT2D eigenvalue weighted by molar-refractivity contribution is 0.0692. The maximum atomic E-state index is 12.4. The number of amides is 1. The number of hydrogen-bond acceptors (Lipinski definition) is 5. The first-order valence-corrected chi connectivity index (χ1v) is 6.21. The van der Waals surface area contributed by atoms with Crippen molar-refractivity contribution < 1.29 is 13.6 Å². The molecular weight excluding hydrogens is 276 g/mol. The van der Waals surface area contributed by atoms with E-state index in [4.69, 9.17) is 8.83 Å². The van der Waals surface area contributed by atoms with Gasteiger partial charge in [-0.1, -0.05) is 0 Å². The van der Waals surface area contributed by atoms with E-state index in [1.54, 1.807) is 24.3 Å². The molecule has 0 spiro atoms. The van der Waals surface area contributed by atoms with Gasteiger partial charge in [0.15, 0.2) is 0 Å². The Morgan fingerprint density at radius 2 is 1.76 bits per heavy atom. The minimum atomic E-state index is -0.533. The zero-order valence-electron chi connectivity index (χ0n) is 10.9. The molecule has 0 aliphatic heterocycles. The summed E-state index contributed by atoms with van der Waals surface area (Å²) in [6.45, 7) is 0.475. The first kappa shape index (κ1) is 13.0. The van der Waals surface area contributed by atoms with Gasteiger partial charge in [-0.15, -0.1) is 5.10 Å². The van der Waals surface area contributed by atoms with E-state index in [9.17, 15) is 9.59 Å². The number of carbonyl (C=O) groups is 1. The van der Waals surface area contributed by atoms with Crippen LogP contribution >= 0.6 is 0 Å². The molecule has 0 bridgehead atoms. The topological polar surface area (TPSA) is 108 Å². The van der Waals surface area contributed by atoms with Crippen molar-refractivity contribution in [3.8, 4) is 0 Å². The summed E-state index contributed by atoms with van der Waals surface area (Å²) < 4.78 is 10.5. The monoisotopic (exact) mass is 288 g/mol. The molecule has 1 amide bonds. The van der Waals surface area contributed by atoms with Crippen LogP contribution in [0.4, 0.5) is 0 Å². The maximum Gasteiger partial charge on any atom is 0.341 e. The van der Waals surface area contributed by atoms with E-state index in [-0.39, 0.29) is 18.9 Å². The normalized spacial score (nSPS) is 10.7. The molecule has 0 aromatic carbocycles. The molecule has 8 nitrogen and oxygen atoms in total. The molecule has 3 heterocycles. The minimum Gasteiger partial charge on any atom is -0.467 e. The number of rotatable bonds is 5. The highest BCUT2D eigenvalue weighted by molar-refractivity contribution is 5.90. The molecule has 0 aliphatic rings. The molecule has 0 atom stereocenters. The number of carbonyl (C=O) groups excluding carboxylic acids is 1. The molecule has 0 unspecified atom stereocenters. The number of furan rings is 2. The van der Waals surface area contributed by atoms with Gasteiger partial charge >= 0.3 is 5.69 Å². The van der Waals surface area contributed by atoms with Gasteiger partial charge in [0, 0.05) is 0 Å². The number of aromatic nitrogens is 3. The van der Waals surface area contributed by atoms with Crippen LogP contribution in [0.3, 0.4) is 0 Å². The fraction of sp³-hybridized carbons (Fsp3) is 0.154. The molecule has 21 heavy (non-hydrogen) atoms. The fourth-order valence-corrected chi connectivity index (χ4v) is 1.90. The average Bonchev–Trinajstić information content (AvgIpc) is 3.19. The number of nitrogens with zero attached hydrogens (tertiary/aromatic N) is 2. The number of aromatic amines is 2. The second-order valence-corrected chi connectivity index (χ2v) is 4.35. The van der Waals surface area contributed by atoms with Crippen LogP contribution in [-0.2, 0) is 13.1 Å². The van der Waals surface area contributed by atoms with Crippen LogP contribution in [0.25, 0.3) is 0 Å². The van der Waals surface area contributed by atoms with Gasteiger partial charge in [-0.2, -0.15) is 0 Å². The lowest BCUT2D eigenvalue weighted by Gasteiger charge is -2.19. The molecule has 8 heteroatoms. The van der Waals surface area contributed by atoms with Gasteiger partial charge < -0.3 is 13.7 Å². The standard InChI is InChI=1S/C13H12N4O4/c18-12(11-14-13(19)16-15-11)17(7-9-3-1-5-20-9)8-10-4-2-6-21-10/h1-6H,7-8H2,(H2,14,15,16,19). The van der Waals surface area contributed by atoms with Gasteiger partial charge in [-0.05, 0) is 24.3 Å².